The van der Waals surface area contributed by atoms with Gasteiger partial charge in [-0.2, -0.15) is 23.7 Å². The van der Waals surface area contributed by atoms with Gasteiger partial charge in [-0.3, -0.25) is 20.5 Å². The summed E-state index contributed by atoms with van der Waals surface area (Å²) >= 11 is 0. The van der Waals surface area contributed by atoms with E-state index in [0.29, 0.717) is 21.3 Å². The smallest absolute Gasteiger partial charge is 0.301 e. The third-order valence-corrected chi connectivity index (χ3v) is 6.20. The van der Waals surface area contributed by atoms with Crippen LogP contribution in [-0.4, -0.2) is 59.9 Å². The Kier molecular flexibility index (Phi) is 5.93. The molecule has 4 aromatic rings. The number of pyridine rings is 1. The number of nitrogens with one attached hydrogen (secondary N) is 2. The van der Waals surface area contributed by atoms with E-state index in [1.54, 1.807) is 25.4 Å². The van der Waals surface area contributed by atoms with Crippen molar-refractivity contribution in [3.63, 3.8) is 0 Å². The van der Waals surface area contributed by atoms with Crippen molar-refractivity contribution in [2.24, 2.45) is 0 Å². The van der Waals surface area contributed by atoms with Gasteiger partial charge in [-0.1, -0.05) is 6.07 Å². The van der Waals surface area contributed by atoms with Crippen molar-refractivity contribution in [2.75, 3.05) is 19.6 Å². The molecule has 5 rings (SSSR count). The van der Waals surface area contributed by atoms with Crippen LogP contribution in [0, 0.1) is 17.7 Å². The van der Waals surface area contributed by atoms with Crippen LogP contribution >= 0.6 is 0 Å². The van der Waals surface area contributed by atoms with Gasteiger partial charge in [-0.25, -0.2) is 4.98 Å². The average Bonchev–Trinajstić information content (AvgIpc) is 3.55. The van der Waals surface area contributed by atoms with E-state index in [4.69, 9.17) is 10.8 Å². The van der Waals surface area contributed by atoms with E-state index in [9.17, 15) is 0 Å². The molecule has 0 radical (unpaired) electrons. The topological polar surface area (TPSA) is 112 Å². The van der Waals surface area contributed by atoms with Crippen LogP contribution in [0.4, 0.5) is 8.78 Å². The molecule has 9 nitrogen and oxygen atoms in total. The van der Waals surface area contributed by atoms with E-state index in [2.05, 4.69) is 25.1 Å². The number of hydrogen-bond acceptors (Lipinski definition) is 7. The van der Waals surface area contributed by atoms with Crippen LogP contribution in [-0.2, 0) is 12.5 Å². The lowest BCUT2D eigenvalue weighted by Gasteiger charge is -2.19. The molecule has 0 spiro atoms. The van der Waals surface area contributed by atoms with Gasteiger partial charge in [0.1, 0.15) is 0 Å². The van der Waals surface area contributed by atoms with Crippen LogP contribution in [0.5, 0.6) is 0 Å². The van der Waals surface area contributed by atoms with Crippen molar-refractivity contribution in [1.29, 1.82) is 10.8 Å². The zero-order valence-electron chi connectivity index (χ0n) is 19.2. The molecule has 0 atom stereocenters. The Morgan fingerprint density at radius 1 is 1.03 bits per heavy atom. The number of rotatable bonds is 6. The van der Waals surface area contributed by atoms with E-state index in [-0.39, 0.29) is 5.56 Å². The van der Waals surface area contributed by atoms with E-state index in [0.717, 1.165) is 37.3 Å². The Hall–Kier alpha value is -3.86. The molecule has 0 amide bonds. The van der Waals surface area contributed by atoms with Gasteiger partial charge < -0.3 is 4.90 Å². The molecule has 1 fully saturated rings. The maximum Gasteiger partial charge on any atom is 0.331 e. The van der Waals surface area contributed by atoms with E-state index in [1.165, 1.54) is 37.2 Å². The molecule has 0 saturated carbocycles. The largest absolute Gasteiger partial charge is 0.331 e. The molecule has 11 heteroatoms. The summed E-state index contributed by atoms with van der Waals surface area (Å²) < 4.78 is 33.0. The minimum atomic E-state index is -3.69. The molecule has 0 bridgehead atoms. The molecule has 1 saturated heterocycles. The fourth-order valence-electron chi connectivity index (χ4n) is 4.24. The summed E-state index contributed by atoms with van der Waals surface area (Å²) in [5, 5.41) is 24.6. The highest BCUT2D eigenvalue weighted by Gasteiger charge is 2.40. The van der Waals surface area contributed by atoms with Gasteiger partial charge in [0.05, 0.1) is 30.1 Å². The number of likely N-dealkylation sites (tertiary alicyclic amines) is 1. The first-order valence-corrected chi connectivity index (χ1v) is 11.4. The predicted octanol–water partition coefficient (Wildman–Crippen LogP) is 3.19. The molecule has 1 aliphatic heterocycles. The second kappa shape index (κ2) is 9.06. The van der Waals surface area contributed by atoms with Crippen molar-refractivity contribution in [1.82, 2.24) is 34.4 Å². The summed E-state index contributed by atoms with van der Waals surface area (Å²) in [4.78, 5) is 10.6. The molecule has 180 valence electrons. The minimum Gasteiger partial charge on any atom is -0.301 e. The Morgan fingerprint density at radius 2 is 1.83 bits per heavy atom. The van der Waals surface area contributed by atoms with E-state index < -0.39 is 17.4 Å². The predicted molar refractivity (Wildman–Crippen MR) is 126 cm³/mol. The highest BCUT2D eigenvalue weighted by atomic mass is 19.3. The number of hydrogen-bond donors (Lipinski definition) is 2. The zero-order valence-corrected chi connectivity index (χ0v) is 19.2. The highest BCUT2D eigenvalue weighted by Crippen LogP contribution is 2.32. The SMILES string of the molecule is Cc1cnc(=N)n(C(=N)C(F)(F)c2ccc3ncc(-c4cnn(CCN5CCCC5)c4)cc3c2)n1. The Labute approximate surface area is 200 Å². The van der Waals surface area contributed by atoms with Gasteiger partial charge in [0.2, 0.25) is 11.5 Å². The van der Waals surface area contributed by atoms with Gasteiger partial charge in [0, 0.05) is 41.0 Å². The van der Waals surface area contributed by atoms with Crippen molar-refractivity contribution in [3.8, 4) is 11.1 Å². The number of fused-ring (bicyclic) bond motifs is 1. The molecule has 2 N–H and O–H groups in total. The summed E-state index contributed by atoms with van der Waals surface area (Å²) in [6.07, 6.45) is 9.18. The fourth-order valence-corrected chi connectivity index (χ4v) is 4.24. The second-order valence-corrected chi connectivity index (χ2v) is 8.73. The first-order valence-electron chi connectivity index (χ1n) is 11.4. The first kappa shape index (κ1) is 22.9. The van der Waals surface area contributed by atoms with Gasteiger partial charge >= 0.3 is 5.92 Å². The summed E-state index contributed by atoms with van der Waals surface area (Å²) in [5.41, 5.74) is 1.60. The minimum absolute atomic E-state index is 0.329. The number of benzene rings is 1. The average molecular weight is 478 g/mol. The van der Waals surface area contributed by atoms with Crippen LogP contribution in [0.2, 0.25) is 0 Å². The quantitative estimate of drug-likeness (QED) is 0.327. The molecule has 0 unspecified atom stereocenters. The Morgan fingerprint density at radius 3 is 2.63 bits per heavy atom. The van der Waals surface area contributed by atoms with Gasteiger partial charge in [0.25, 0.3) is 0 Å². The molecule has 0 aliphatic carbocycles. The summed E-state index contributed by atoms with van der Waals surface area (Å²) in [6.45, 7) is 5.56. The number of nitrogens with zero attached hydrogens (tertiary/aromatic N) is 7. The number of aromatic nitrogens is 6. The van der Waals surface area contributed by atoms with E-state index >= 15 is 8.78 Å². The monoisotopic (exact) mass is 477 g/mol. The summed E-state index contributed by atoms with van der Waals surface area (Å²) in [7, 11) is 0. The third-order valence-electron chi connectivity index (χ3n) is 6.20. The number of alkyl halides is 2. The van der Waals surface area contributed by atoms with Crippen LogP contribution in [0.3, 0.4) is 0 Å². The van der Waals surface area contributed by atoms with Crippen LogP contribution < -0.4 is 5.62 Å². The van der Waals surface area contributed by atoms with Gasteiger partial charge in [-0.15, -0.1) is 0 Å². The summed E-state index contributed by atoms with van der Waals surface area (Å²) in [6, 6.07) is 5.87. The maximum absolute atomic E-state index is 15.3. The Bertz CT molecular complexity index is 1450. The third kappa shape index (κ3) is 4.59. The number of halogens is 2. The van der Waals surface area contributed by atoms with Crippen LogP contribution in [0.25, 0.3) is 22.0 Å². The lowest BCUT2D eigenvalue weighted by molar-refractivity contribution is 0.0695. The lowest BCUT2D eigenvalue weighted by atomic mass is 10.0. The Balaban J connectivity index is 1.41. The molecule has 1 aromatic carbocycles. The maximum atomic E-state index is 15.3. The fraction of sp³-hybridized carbons (Fsp3) is 0.333. The molecular weight excluding hydrogens is 452 g/mol. The molecule has 1 aliphatic rings. The number of aryl methyl sites for hydroxylation is 1. The summed E-state index contributed by atoms with van der Waals surface area (Å²) in [5.74, 6) is -4.82. The van der Waals surface area contributed by atoms with Crippen molar-refractivity contribution >= 4 is 16.7 Å². The van der Waals surface area contributed by atoms with Crippen LogP contribution in [0.1, 0.15) is 24.1 Å². The molecular formula is C24H25F2N9. The van der Waals surface area contributed by atoms with E-state index in [1.807, 2.05) is 10.9 Å². The second-order valence-electron chi connectivity index (χ2n) is 8.73. The van der Waals surface area contributed by atoms with Gasteiger partial charge in [-0.05, 0) is 51.1 Å². The van der Waals surface area contributed by atoms with Crippen LogP contribution in [0.15, 0.2) is 49.1 Å². The van der Waals surface area contributed by atoms with Gasteiger partial charge in [0.15, 0.2) is 0 Å². The molecule has 3 aromatic heterocycles. The zero-order chi connectivity index (χ0) is 24.6. The van der Waals surface area contributed by atoms with Crippen molar-refractivity contribution in [3.05, 3.63) is 65.9 Å². The van der Waals surface area contributed by atoms with Crippen molar-refractivity contribution in [2.45, 2.75) is 32.2 Å². The lowest BCUT2D eigenvalue weighted by Crippen LogP contribution is -2.40. The molecule has 35 heavy (non-hydrogen) atoms. The van der Waals surface area contributed by atoms with Crippen molar-refractivity contribution < 1.29 is 8.78 Å². The molecule has 4 heterocycles. The first-order chi connectivity index (χ1) is 16.8. The normalized spacial score (nSPS) is 14.6. The highest BCUT2D eigenvalue weighted by molar-refractivity contribution is 5.91. The standard InChI is InChI=1S/C24H25F2N9/c1-16-12-30-23(28)35(32-16)22(27)24(25,26)20-4-5-21-17(11-20)10-18(13-29-21)19-14-31-34(15-19)9-8-33-6-2-3-7-33/h4-5,10-15,27-28H,2-3,6-9H2,1H3.